The Hall–Kier alpha value is -1.87. The first kappa shape index (κ1) is 12.6. The van der Waals surface area contributed by atoms with Crippen molar-refractivity contribution in [3.8, 4) is 0 Å². The van der Waals surface area contributed by atoms with Crippen LogP contribution < -0.4 is 5.32 Å². The minimum atomic E-state index is -0.138. The molecule has 0 unspecified atom stereocenters. The molecule has 1 amide bonds. The Balaban J connectivity index is 1.99. The summed E-state index contributed by atoms with van der Waals surface area (Å²) in [5, 5.41) is 2.79. The van der Waals surface area contributed by atoms with Crippen LogP contribution in [0, 0.1) is 0 Å². The van der Waals surface area contributed by atoms with Crippen molar-refractivity contribution in [1.82, 2.24) is 0 Å². The smallest absolute Gasteiger partial charge is 0.248 e. The van der Waals surface area contributed by atoms with Crippen molar-refractivity contribution in [2.75, 3.05) is 5.32 Å². The molecule has 0 saturated heterocycles. The molecule has 2 aromatic rings. The Labute approximate surface area is 114 Å². The van der Waals surface area contributed by atoms with E-state index < -0.39 is 0 Å². The Morgan fingerprint density at radius 2 is 1.83 bits per heavy atom. The van der Waals surface area contributed by atoms with Crippen LogP contribution in [0.4, 0.5) is 5.69 Å². The topological polar surface area (TPSA) is 29.1 Å². The van der Waals surface area contributed by atoms with Gasteiger partial charge < -0.3 is 5.32 Å². The number of para-hydroxylation sites is 1. The second kappa shape index (κ2) is 6.17. The van der Waals surface area contributed by atoms with E-state index in [4.69, 9.17) is 0 Å². The van der Waals surface area contributed by atoms with Crippen molar-refractivity contribution in [3.05, 3.63) is 70.7 Å². The first-order valence-corrected chi connectivity index (χ1v) is 6.33. The van der Waals surface area contributed by atoms with Crippen LogP contribution in [0.2, 0.25) is 0 Å². The van der Waals surface area contributed by atoms with Gasteiger partial charge in [-0.3, -0.25) is 4.79 Å². The maximum absolute atomic E-state index is 11.7. The number of anilines is 1. The van der Waals surface area contributed by atoms with E-state index in [0.29, 0.717) is 0 Å². The van der Waals surface area contributed by atoms with Gasteiger partial charge in [-0.2, -0.15) is 0 Å². The normalized spacial score (nSPS) is 10.5. The molecule has 0 aromatic heterocycles. The van der Waals surface area contributed by atoms with Gasteiger partial charge >= 0.3 is 0 Å². The van der Waals surface area contributed by atoms with Crippen molar-refractivity contribution >= 4 is 33.6 Å². The molecule has 0 heterocycles. The van der Waals surface area contributed by atoms with Gasteiger partial charge in [0.05, 0.1) is 0 Å². The SMILES string of the molecule is O=C(/C=C/c1cccc(Br)c1)Nc1ccccc1. The molecule has 0 atom stereocenters. The van der Waals surface area contributed by atoms with E-state index in [9.17, 15) is 4.79 Å². The van der Waals surface area contributed by atoms with Gasteiger partial charge in [-0.05, 0) is 35.9 Å². The average molecular weight is 302 g/mol. The van der Waals surface area contributed by atoms with Crippen LogP contribution in [0.3, 0.4) is 0 Å². The summed E-state index contributed by atoms with van der Waals surface area (Å²) in [4.78, 5) is 11.7. The minimum Gasteiger partial charge on any atom is -0.323 e. The summed E-state index contributed by atoms with van der Waals surface area (Å²) in [5.74, 6) is -0.138. The molecule has 0 spiro atoms. The minimum absolute atomic E-state index is 0.138. The summed E-state index contributed by atoms with van der Waals surface area (Å²) >= 11 is 3.39. The van der Waals surface area contributed by atoms with Gasteiger partial charge in [0.15, 0.2) is 0 Å². The summed E-state index contributed by atoms with van der Waals surface area (Å²) in [6, 6.07) is 17.1. The number of hydrogen-bond acceptors (Lipinski definition) is 1. The molecule has 2 nitrogen and oxygen atoms in total. The highest BCUT2D eigenvalue weighted by molar-refractivity contribution is 9.10. The van der Waals surface area contributed by atoms with Crippen molar-refractivity contribution in [1.29, 1.82) is 0 Å². The third kappa shape index (κ3) is 3.86. The van der Waals surface area contributed by atoms with Crippen LogP contribution in [0.25, 0.3) is 6.08 Å². The zero-order chi connectivity index (χ0) is 12.8. The van der Waals surface area contributed by atoms with E-state index in [1.54, 1.807) is 6.08 Å². The molecular weight excluding hydrogens is 290 g/mol. The molecular formula is C15H12BrNO. The predicted molar refractivity (Wildman–Crippen MR) is 78.2 cm³/mol. The first-order chi connectivity index (χ1) is 8.74. The molecule has 2 aromatic carbocycles. The van der Waals surface area contributed by atoms with E-state index in [-0.39, 0.29) is 5.91 Å². The van der Waals surface area contributed by atoms with Crippen molar-refractivity contribution in [3.63, 3.8) is 0 Å². The average Bonchev–Trinajstić information content (AvgIpc) is 2.38. The summed E-state index contributed by atoms with van der Waals surface area (Å²) in [6.45, 7) is 0. The van der Waals surface area contributed by atoms with Crippen LogP contribution in [-0.4, -0.2) is 5.91 Å². The number of rotatable bonds is 3. The van der Waals surface area contributed by atoms with Gasteiger partial charge in [0.1, 0.15) is 0 Å². The molecule has 0 saturated carbocycles. The largest absolute Gasteiger partial charge is 0.323 e. The molecule has 0 radical (unpaired) electrons. The Morgan fingerprint density at radius 1 is 1.06 bits per heavy atom. The fourth-order valence-corrected chi connectivity index (χ4v) is 1.90. The zero-order valence-corrected chi connectivity index (χ0v) is 11.2. The molecule has 2 rings (SSSR count). The van der Waals surface area contributed by atoms with Crippen LogP contribution >= 0.6 is 15.9 Å². The molecule has 0 aliphatic heterocycles. The van der Waals surface area contributed by atoms with Gasteiger partial charge in [-0.1, -0.05) is 46.3 Å². The second-order valence-electron chi connectivity index (χ2n) is 3.74. The number of carbonyl (C=O) groups excluding carboxylic acids is 1. The van der Waals surface area contributed by atoms with Gasteiger partial charge in [-0.25, -0.2) is 0 Å². The second-order valence-corrected chi connectivity index (χ2v) is 4.66. The lowest BCUT2D eigenvalue weighted by atomic mass is 10.2. The van der Waals surface area contributed by atoms with Gasteiger partial charge in [0.25, 0.3) is 0 Å². The van der Waals surface area contributed by atoms with Crippen LogP contribution in [0.15, 0.2) is 65.1 Å². The van der Waals surface area contributed by atoms with Crippen molar-refractivity contribution < 1.29 is 4.79 Å². The summed E-state index contributed by atoms with van der Waals surface area (Å²) in [7, 11) is 0. The standard InChI is InChI=1S/C15H12BrNO/c16-13-6-4-5-12(11-13)9-10-15(18)17-14-7-2-1-3-8-14/h1-11H,(H,17,18)/b10-9+. The van der Waals surface area contributed by atoms with Crippen LogP contribution in [-0.2, 0) is 4.79 Å². The molecule has 0 aliphatic rings. The first-order valence-electron chi connectivity index (χ1n) is 5.54. The van der Waals surface area contributed by atoms with Gasteiger partial charge in [-0.15, -0.1) is 0 Å². The van der Waals surface area contributed by atoms with Crippen molar-refractivity contribution in [2.45, 2.75) is 0 Å². The number of nitrogens with one attached hydrogen (secondary N) is 1. The fourth-order valence-electron chi connectivity index (χ4n) is 1.49. The molecule has 18 heavy (non-hydrogen) atoms. The number of halogens is 1. The van der Waals surface area contributed by atoms with Crippen molar-refractivity contribution in [2.24, 2.45) is 0 Å². The highest BCUT2D eigenvalue weighted by Crippen LogP contribution is 2.13. The maximum Gasteiger partial charge on any atom is 0.248 e. The number of carbonyl (C=O) groups is 1. The predicted octanol–water partition coefficient (Wildman–Crippen LogP) is 4.10. The van der Waals surface area contributed by atoms with E-state index in [2.05, 4.69) is 21.2 Å². The summed E-state index contributed by atoms with van der Waals surface area (Å²) in [5.41, 5.74) is 1.77. The lowest BCUT2D eigenvalue weighted by Crippen LogP contribution is -2.07. The van der Waals surface area contributed by atoms with Gasteiger partial charge in [0.2, 0.25) is 5.91 Å². The Kier molecular flexibility index (Phi) is 4.31. The third-order valence-electron chi connectivity index (χ3n) is 2.32. The third-order valence-corrected chi connectivity index (χ3v) is 2.81. The van der Waals surface area contributed by atoms with Crippen LogP contribution in [0.1, 0.15) is 5.56 Å². The quantitative estimate of drug-likeness (QED) is 0.850. The summed E-state index contributed by atoms with van der Waals surface area (Å²) in [6.07, 6.45) is 3.30. The van der Waals surface area contributed by atoms with E-state index in [0.717, 1.165) is 15.7 Å². The Bertz CT molecular complexity index is 564. The Morgan fingerprint density at radius 3 is 2.56 bits per heavy atom. The van der Waals surface area contributed by atoms with E-state index >= 15 is 0 Å². The highest BCUT2D eigenvalue weighted by atomic mass is 79.9. The molecule has 3 heteroatoms. The highest BCUT2D eigenvalue weighted by Gasteiger charge is 1.96. The summed E-state index contributed by atoms with van der Waals surface area (Å²) < 4.78 is 0.994. The lowest BCUT2D eigenvalue weighted by Gasteiger charge is -2.00. The monoisotopic (exact) mass is 301 g/mol. The van der Waals surface area contributed by atoms with E-state index in [1.165, 1.54) is 6.08 Å². The maximum atomic E-state index is 11.7. The molecule has 0 aliphatic carbocycles. The number of benzene rings is 2. The lowest BCUT2D eigenvalue weighted by molar-refractivity contribution is -0.111. The molecule has 0 bridgehead atoms. The zero-order valence-electron chi connectivity index (χ0n) is 9.64. The fraction of sp³-hybridized carbons (Fsp3) is 0. The molecule has 0 fully saturated rings. The van der Waals surface area contributed by atoms with E-state index in [1.807, 2.05) is 54.6 Å². The van der Waals surface area contributed by atoms with Crippen LogP contribution in [0.5, 0.6) is 0 Å². The van der Waals surface area contributed by atoms with Gasteiger partial charge in [0, 0.05) is 16.2 Å². The molecule has 90 valence electrons. The number of hydrogen-bond donors (Lipinski definition) is 1. The molecule has 1 N–H and O–H groups in total. The number of amides is 1.